The number of benzene rings is 1. The minimum atomic E-state index is -4.50. The molecule has 0 radical (unpaired) electrons. The summed E-state index contributed by atoms with van der Waals surface area (Å²) in [6.45, 7) is 0. The molecule has 4 rings (SSSR count). The first-order chi connectivity index (χ1) is 11.9. The Morgan fingerprint density at radius 1 is 1.20 bits per heavy atom. The standard InChI is InChI=1S/C16H15F3N6/c1-25-13-4-2-3-12(10(13)7-21-25)23-15-20-8-11(16(17,18)19)14(24-15)22-9-5-6-9/h2-4,7-9H,5-6H2,1H3,(H2,20,22,23,24). The lowest BCUT2D eigenvalue weighted by atomic mass is 10.2. The Hall–Kier alpha value is -2.84. The Balaban J connectivity index is 1.70. The lowest BCUT2D eigenvalue weighted by Crippen LogP contribution is -2.15. The maximum Gasteiger partial charge on any atom is 0.421 e. The van der Waals surface area contributed by atoms with Crippen LogP contribution in [0.15, 0.2) is 30.6 Å². The van der Waals surface area contributed by atoms with Gasteiger partial charge in [0.1, 0.15) is 11.4 Å². The van der Waals surface area contributed by atoms with E-state index in [2.05, 4.69) is 25.7 Å². The van der Waals surface area contributed by atoms with E-state index in [4.69, 9.17) is 0 Å². The SMILES string of the molecule is Cn1ncc2c(Nc3ncc(C(F)(F)F)c(NC4CC4)n3)cccc21. The average molecular weight is 348 g/mol. The van der Waals surface area contributed by atoms with Gasteiger partial charge in [-0.05, 0) is 25.0 Å². The van der Waals surface area contributed by atoms with Crippen LogP contribution in [0.5, 0.6) is 0 Å². The highest BCUT2D eigenvalue weighted by molar-refractivity contribution is 5.92. The van der Waals surface area contributed by atoms with E-state index >= 15 is 0 Å². The highest BCUT2D eigenvalue weighted by Crippen LogP contribution is 2.36. The largest absolute Gasteiger partial charge is 0.421 e. The normalized spacial score (nSPS) is 14.7. The molecule has 2 heterocycles. The summed E-state index contributed by atoms with van der Waals surface area (Å²) < 4.78 is 41.1. The maximum absolute atomic E-state index is 13.1. The summed E-state index contributed by atoms with van der Waals surface area (Å²) in [6.07, 6.45) is -0.314. The van der Waals surface area contributed by atoms with Gasteiger partial charge in [0, 0.05) is 24.7 Å². The van der Waals surface area contributed by atoms with Crippen LogP contribution in [0.25, 0.3) is 10.9 Å². The van der Waals surface area contributed by atoms with Gasteiger partial charge in [0.05, 0.1) is 17.4 Å². The van der Waals surface area contributed by atoms with Crippen molar-refractivity contribution in [3.8, 4) is 0 Å². The summed E-state index contributed by atoms with van der Waals surface area (Å²) in [5.74, 6) is -0.0848. The third kappa shape index (κ3) is 3.09. The van der Waals surface area contributed by atoms with Gasteiger partial charge in [0.2, 0.25) is 5.95 Å². The second-order valence-electron chi connectivity index (χ2n) is 6.00. The molecule has 2 aromatic heterocycles. The molecule has 1 saturated carbocycles. The van der Waals surface area contributed by atoms with Gasteiger partial charge in [-0.3, -0.25) is 4.68 Å². The fraction of sp³-hybridized carbons (Fsp3) is 0.312. The minimum Gasteiger partial charge on any atom is -0.367 e. The molecule has 6 nitrogen and oxygen atoms in total. The molecule has 130 valence electrons. The molecule has 25 heavy (non-hydrogen) atoms. The van der Waals surface area contributed by atoms with Gasteiger partial charge < -0.3 is 10.6 Å². The lowest BCUT2D eigenvalue weighted by Gasteiger charge is -2.14. The number of hydrogen-bond donors (Lipinski definition) is 2. The number of fused-ring (bicyclic) bond motifs is 1. The number of aryl methyl sites for hydroxylation is 1. The second-order valence-corrected chi connectivity index (χ2v) is 6.00. The number of alkyl halides is 3. The van der Waals surface area contributed by atoms with Crippen molar-refractivity contribution < 1.29 is 13.2 Å². The van der Waals surface area contributed by atoms with Gasteiger partial charge in [-0.2, -0.15) is 23.3 Å². The van der Waals surface area contributed by atoms with E-state index < -0.39 is 11.7 Å². The fourth-order valence-corrected chi connectivity index (χ4v) is 2.59. The first-order valence-electron chi connectivity index (χ1n) is 7.80. The monoisotopic (exact) mass is 348 g/mol. The van der Waals surface area contributed by atoms with Crippen LogP contribution in [0.1, 0.15) is 18.4 Å². The molecule has 0 bridgehead atoms. The van der Waals surface area contributed by atoms with Gasteiger partial charge >= 0.3 is 6.18 Å². The smallest absolute Gasteiger partial charge is 0.367 e. The van der Waals surface area contributed by atoms with E-state index in [0.29, 0.717) is 5.69 Å². The first-order valence-corrected chi connectivity index (χ1v) is 7.80. The van der Waals surface area contributed by atoms with Gasteiger partial charge in [0.15, 0.2) is 0 Å². The van der Waals surface area contributed by atoms with Crippen LogP contribution in [0.4, 0.5) is 30.6 Å². The van der Waals surface area contributed by atoms with E-state index in [9.17, 15) is 13.2 Å². The number of hydrogen-bond acceptors (Lipinski definition) is 5. The Morgan fingerprint density at radius 2 is 2.00 bits per heavy atom. The highest BCUT2D eigenvalue weighted by atomic mass is 19.4. The number of nitrogens with zero attached hydrogens (tertiary/aromatic N) is 4. The van der Waals surface area contributed by atoms with Crippen molar-refractivity contribution in [2.45, 2.75) is 25.1 Å². The van der Waals surface area contributed by atoms with Crippen molar-refractivity contribution in [1.29, 1.82) is 0 Å². The predicted molar refractivity (Wildman–Crippen MR) is 87.7 cm³/mol. The van der Waals surface area contributed by atoms with Gasteiger partial charge in [-0.25, -0.2) is 4.98 Å². The molecule has 1 fully saturated rings. The molecular formula is C16H15F3N6. The lowest BCUT2D eigenvalue weighted by molar-refractivity contribution is -0.137. The molecule has 1 aliphatic rings. The summed E-state index contributed by atoms with van der Waals surface area (Å²) in [7, 11) is 1.82. The van der Waals surface area contributed by atoms with E-state index in [1.54, 1.807) is 16.9 Å². The van der Waals surface area contributed by atoms with Gasteiger partial charge in [-0.1, -0.05) is 6.07 Å². The molecule has 0 aliphatic heterocycles. The van der Waals surface area contributed by atoms with Crippen molar-refractivity contribution in [2.24, 2.45) is 7.05 Å². The van der Waals surface area contributed by atoms with Crippen LogP contribution in [0.3, 0.4) is 0 Å². The fourth-order valence-electron chi connectivity index (χ4n) is 2.59. The first kappa shape index (κ1) is 15.7. The van der Waals surface area contributed by atoms with Crippen LogP contribution in [0.2, 0.25) is 0 Å². The maximum atomic E-state index is 13.1. The summed E-state index contributed by atoms with van der Waals surface area (Å²) in [5.41, 5.74) is 0.723. The van der Waals surface area contributed by atoms with Crippen molar-refractivity contribution in [1.82, 2.24) is 19.7 Å². The van der Waals surface area contributed by atoms with Crippen LogP contribution in [-0.2, 0) is 13.2 Å². The quantitative estimate of drug-likeness (QED) is 0.752. The predicted octanol–water partition coefficient (Wildman–Crippen LogP) is 3.70. The van der Waals surface area contributed by atoms with Crippen molar-refractivity contribution in [3.63, 3.8) is 0 Å². The number of rotatable bonds is 4. The zero-order chi connectivity index (χ0) is 17.6. The highest BCUT2D eigenvalue weighted by Gasteiger charge is 2.36. The second kappa shape index (κ2) is 5.61. The van der Waals surface area contributed by atoms with E-state index in [-0.39, 0.29) is 17.8 Å². The average Bonchev–Trinajstić information content (AvgIpc) is 3.28. The molecule has 0 saturated heterocycles. The molecule has 0 unspecified atom stereocenters. The molecule has 0 spiro atoms. The van der Waals surface area contributed by atoms with Crippen molar-refractivity contribution in [2.75, 3.05) is 10.6 Å². The van der Waals surface area contributed by atoms with Crippen molar-refractivity contribution in [3.05, 3.63) is 36.2 Å². The Bertz CT molecular complexity index is 929. The van der Waals surface area contributed by atoms with Gasteiger partial charge in [-0.15, -0.1) is 0 Å². The summed E-state index contributed by atoms with van der Waals surface area (Å²) in [5, 5.41) is 10.8. The van der Waals surface area contributed by atoms with Crippen LogP contribution in [0, 0.1) is 0 Å². The number of aromatic nitrogens is 4. The third-order valence-electron chi connectivity index (χ3n) is 4.05. The number of halogens is 3. The molecule has 0 atom stereocenters. The Morgan fingerprint density at radius 3 is 2.72 bits per heavy atom. The number of nitrogens with one attached hydrogen (secondary N) is 2. The van der Waals surface area contributed by atoms with Gasteiger partial charge in [0.25, 0.3) is 0 Å². The number of anilines is 3. The van der Waals surface area contributed by atoms with Crippen LogP contribution in [-0.4, -0.2) is 25.8 Å². The molecule has 0 amide bonds. The molecule has 1 aliphatic carbocycles. The van der Waals surface area contributed by atoms with Crippen LogP contribution < -0.4 is 10.6 Å². The topological polar surface area (TPSA) is 67.7 Å². The molecule has 9 heteroatoms. The van der Waals surface area contributed by atoms with E-state index in [1.807, 2.05) is 19.2 Å². The summed E-state index contributed by atoms with van der Waals surface area (Å²) in [6, 6.07) is 5.59. The van der Waals surface area contributed by atoms with E-state index in [1.165, 1.54) is 0 Å². The molecule has 1 aromatic carbocycles. The van der Waals surface area contributed by atoms with Crippen LogP contribution >= 0.6 is 0 Å². The third-order valence-corrected chi connectivity index (χ3v) is 4.05. The minimum absolute atomic E-state index is 0.0469. The molecule has 2 N–H and O–H groups in total. The zero-order valence-corrected chi connectivity index (χ0v) is 13.3. The molecule has 3 aromatic rings. The summed E-state index contributed by atoms with van der Waals surface area (Å²) in [4.78, 5) is 7.88. The molecular weight excluding hydrogens is 333 g/mol. The zero-order valence-electron chi connectivity index (χ0n) is 13.3. The van der Waals surface area contributed by atoms with E-state index in [0.717, 1.165) is 29.9 Å². The Labute approximate surface area is 141 Å². The summed E-state index contributed by atoms with van der Waals surface area (Å²) >= 11 is 0. The Kier molecular flexibility index (Phi) is 3.52. The van der Waals surface area contributed by atoms with Crippen molar-refractivity contribution >= 4 is 28.4 Å².